The van der Waals surface area contributed by atoms with Gasteiger partial charge in [-0.1, -0.05) is 6.07 Å². The van der Waals surface area contributed by atoms with E-state index in [9.17, 15) is 13.2 Å². The van der Waals surface area contributed by atoms with E-state index in [2.05, 4.69) is 19.9 Å². The molecule has 0 aliphatic carbocycles. The first kappa shape index (κ1) is 13.9. The Labute approximate surface area is 119 Å². The lowest BCUT2D eigenvalue weighted by molar-refractivity contribution is -0.145. The molecule has 0 N–H and O–H groups in total. The third-order valence-corrected chi connectivity index (χ3v) is 3.38. The monoisotopic (exact) mass is 294 g/mol. The fourth-order valence-corrected chi connectivity index (χ4v) is 2.37. The molecule has 2 aromatic heterocycles. The number of halogens is 3. The summed E-state index contributed by atoms with van der Waals surface area (Å²) < 4.78 is 37.7. The number of hydrogen-bond acceptors (Lipinski definition) is 4. The molecule has 0 saturated heterocycles. The second-order valence-corrected chi connectivity index (χ2v) is 4.95. The Morgan fingerprint density at radius 3 is 2.76 bits per heavy atom. The van der Waals surface area contributed by atoms with Crippen molar-refractivity contribution in [2.24, 2.45) is 0 Å². The fourth-order valence-electron chi connectivity index (χ4n) is 2.37. The van der Waals surface area contributed by atoms with E-state index in [-0.39, 0.29) is 0 Å². The summed E-state index contributed by atoms with van der Waals surface area (Å²) in [6.07, 6.45) is -0.977. The molecule has 3 rings (SSSR count). The van der Waals surface area contributed by atoms with Crippen molar-refractivity contribution in [1.82, 2.24) is 19.9 Å². The van der Waals surface area contributed by atoms with Gasteiger partial charge in [0.25, 0.3) is 0 Å². The standard InChI is InChI=1S/C14H13F3N4/c15-14(16,17)13-19-7-10-8-21(6-4-12(10)20-13)9-11-3-1-2-5-18-11/h1-3,5,7H,4,6,8-9H2. The van der Waals surface area contributed by atoms with Crippen LogP contribution in [-0.2, 0) is 25.7 Å². The second-order valence-electron chi connectivity index (χ2n) is 4.95. The number of rotatable bonds is 2. The van der Waals surface area contributed by atoms with Crippen molar-refractivity contribution in [2.45, 2.75) is 25.7 Å². The molecule has 1 aliphatic heterocycles. The first-order chi connectivity index (χ1) is 10.0. The minimum atomic E-state index is -4.49. The van der Waals surface area contributed by atoms with E-state index in [1.807, 2.05) is 18.2 Å². The Kier molecular flexibility index (Phi) is 3.59. The molecule has 0 amide bonds. The molecular formula is C14H13F3N4. The van der Waals surface area contributed by atoms with Gasteiger partial charge in [0.15, 0.2) is 0 Å². The third-order valence-electron chi connectivity index (χ3n) is 3.38. The summed E-state index contributed by atoms with van der Waals surface area (Å²) in [5.74, 6) is -1.06. The summed E-state index contributed by atoms with van der Waals surface area (Å²) in [5.41, 5.74) is 2.19. The largest absolute Gasteiger partial charge is 0.451 e. The van der Waals surface area contributed by atoms with Crippen LogP contribution in [0.1, 0.15) is 22.8 Å². The summed E-state index contributed by atoms with van der Waals surface area (Å²) in [4.78, 5) is 13.5. The zero-order valence-electron chi connectivity index (χ0n) is 11.1. The minimum absolute atomic E-state index is 0.494. The van der Waals surface area contributed by atoms with Crippen LogP contribution < -0.4 is 0 Å². The average molecular weight is 294 g/mol. The summed E-state index contributed by atoms with van der Waals surface area (Å²) in [6.45, 7) is 1.88. The van der Waals surface area contributed by atoms with E-state index in [4.69, 9.17) is 0 Å². The average Bonchev–Trinajstić information content (AvgIpc) is 2.47. The lowest BCUT2D eigenvalue weighted by Gasteiger charge is -2.27. The maximum Gasteiger partial charge on any atom is 0.451 e. The first-order valence-electron chi connectivity index (χ1n) is 6.56. The van der Waals surface area contributed by atoms with Crippen LogP contribution >= 0.6 is 0 Å². The van der Waals surface area contributed by atoms with Crippen molar-refractivity contribution in [2.75, 3.05) is 6.54 Å². The minimum Gasteiger partial charge on any atom is -0.293 e. The van der Waals surface area contributed by atoms with Gasteiger partial charge in [0.05, 0.1) is 11.4 Å². The Morgan fingerprint density at radius 1 is 1.19 bits per heavy atom. The molecule has 2 aromatic rings. The summed E-state index contributed by atoms with van der Waals surface area (Å²) in [5, 5.41) is 0. The van der Waals surface area contributed by atoms with E-state index in [0.717, 1.165) is 11.3 Å². The van der Waals surface area contributed by atoms with Crippen LogP contribution in [0.5, 0.6) is 0 Å². The van der Waals surface area contributed by atoms with Crippen LogP contribution in [0.3, 0.4) is 0 Å². The van der Waals surface area contributed by atoms with Crippen LogP contribution in [0.15, 0.2) is 30.6 Å². The van der Waals surface area contributed by atoms with Gasteiger partial charge in [0.2, 0.25) is 5.82 Å². The van der Waals surface area contributed by atoms with Crippen molar-refractivity contribution in [3.05, 3.63) is 53.4 Å². The number of fused-ring (bicyclic) bond motifs is 1. The Bertz CT molecular complexity index is 628. The quantitative estimate of drug-likeness (QED) is 0.853. The van der Waals surface area contributed by atoms with Gasteiger partial charge >= 0.3 is 6.18 Å². The van der Waals surface area contributed by atoms with Crippen LogP contribution in [0.4, 0.5) is 13.2 Å². The van der Waals surface area contributed by atoms with E-state index in [1.54, 1.807) is 6.20 Å². The molecule has 0 atom stereocenters. The zero-order valence-corrected chi connectivity index (χ0v) is 11.1. The lowest BCUT2D eigenvalue weighted by Crippen LogP contribution is -2.31. The summed E-state index contributed by atoms with van der Waals surface area (Å²) in [7, 11) is 0. The fraction of sp³-hybridized carbons (Fsp3) is 0.357. The zero-order chi connectivity index (χ0) is 14.9. The molecule has 0 saturated carbocycles. The Balaban J connectivity index is 1.74. The predicted octanol–water partition coefficient (Wildman–Crippen LogP) is 2.45. The van der Waals surface area contributed by atoms with Crippen molar-refractivity contribution in [3.63, 3.8) is 0 Å². The molecule has 0 unspecified atom stereocenters. The molecule has 21 heavy (non-hydrogen) atoms. The highest BCUT2D eigenvalue weighted by atomic mass is 19.4. The van der Waals surface area contributed by atoms with Crippen LogP contribution in [-0.4, -0.2) is 26.4 Å². The van der Waals surface area contributed by atoms with Crippen LogP contribution in [0.25, 0.3) is 0 Å². The SMILES string of the molecule is FC(F)(F)c1ncc2c(n1)CCN(Cc1ccccn1)C2. The van der Waals surface area contributed by atoms with E-state index >= 15 is 0 Å². The van der Waals surface area contributed by atoms with E-state index < -0.39 is 12.0 Å². The highest BCUT2D eigenvalue weighted by Gasteiger charge is 2.35. The number of pyridine rings is 1. The molecule has 0 bridgehead atoms. The number of nitrogens with zero attached hydrogens (tertiary/aromatic N) is 4. The molecule has 7 heteroatoms. The van der Waals surface area contributed by atoms with Crippen molar-refractivity contribution < 1.29 is 13.2 Å². The van der Waals surface area contributed by atoms with Crippen LogP contribution in [0.2, 0.25) is 0 Å². The van der Waals surface area contributed by atoms with E-state index in [0.29, 0.717) is 31.7 Å². The topological polar surface area (TPSA) is 41.9 Å². The number of hydrogen-bond donors (Lipinski definition) is 0. The Hall–Kier alpha value is -2.02. The molecule has 0 radical (unpaired) electrons. The first-order valence-corrected chi connectivity index (χ1v) is 6.56. The smallest absolute Gasteiger partial charge is 0.293 e. The van der Waals surface area contributed by atoms with Gasteiger partial charge in [0, 0.05) is 44.0 Å². The van der Waals surface area contributed by atoms with Gasteiger partial charge < -0.3 is 0 Å². The predicted molar refractivity (Wildman–Crippen MR) is 69.1 cm³/mol. The summed E-state index contributed by atoms with van der Waals surface area (Å²) in [6, 6.07) is 5.69. The third kappa shape index (κ3) is 3.18. The van der Waals surface area contributed by atoms with Gasteiger partial charge in [0.1, 0.15) is 0 Å². The molecule has 0 fully saturated rings. The summed E-state index contributed by atoms with van der Waals surface area (Å²) >= 11 is 0. The second kappa shape index (κ2) is 5.40. The molecule has 3 heterocycles. The molecule has 1 aliphatic rings. The van der Waals surface area contributed by atoms with Crippen molar-refractivity contribution in [1.29, 1.82) is 0 Å². The van der Waals surface area contributed by atoms with E-state index in [1.165, 1.54) is 6.20 Å². The number of alkyl halides is 3. The Morgan fingerprint density at radius 2 is 2.05 bits per heavy atom. The normalized spacial score (nSPS) is 15.8. The molecule has 0 spiro atoms. The maximum atomic E-state index is 12.6. The van der Waals surface area contributed by atoms with Gasteiger partial charge in [-0.15, -0.1) is 0 Å². The van der Waals surface area contributed by atoms with Gasteiger partial charge in [-0.2, -0.15) is 13.2 Å². The molecule has 4 nitrogen and oxygen atoms in total. The van der Waals surface area contributed by atoms with Gasteiger partial charge in [-0.05, 0) is 12.1 Å². The maximum absolute atomic E-state index is 12.6. The van der Waals surface area contributed by atoms with Crippen molar-refractivity contribution in [3.8, 4) is 0 Å². The van der Waals surface area contributed by atoms with Crippen molar-refractivity contribution >= 4 is 0 Å². The molecule has 110 valence electrons. The molecule has 0 aromatic carbocycles. The van der Waals surface area contributed by atoms with Gasteiger partial charge in [-0.3, -0.25) is 9.88 Å². The van der Waals surface area contributed by atoms with Crippen LogP contribution in [0, 0.1) is 0 Å². The van der Waals surface area contributed by atoms with Gasteiger partial charge in [-0.25, -0.2) is 9.97 Å². The molecular weight excluding hydrogens is 281 g/mol. The lowest BCUT2D eigenvalue weighted by atomic mass is 10.1. The highest BCUT2D eigenvalue weighted by molar-refractivity contribution is 5.21. The number of aromatic nitrogens is 3. The highest BCUT2D eigenvalue weighted by Crippen LogP contribution is 2.27.